The third kappa shape index (κ3) is 1.42. The summed E-state index contributed by atoms with van der Waals surface area (Å²) < 4.78 is 10.4. The van der Waals surface area contributed by atoms with Crippen molar-refractivity contribution in [2.75, 3.05) is 0 Å². The van der Waals surface area contributed by atoms with Crippen LogP contribution < -0.4 is 0 Å². The van der Waals surface area contributed by atoms with Gasteiger partial charge in [-0.15, -0.1) is 6.58 Å². The van der Waals surface area contributed by atoms with Crippen LogP contribution in [0, 0.1) is 5.92 Å². The predicted molar refractivity (Wildman–Crippen MR) is 34.1 cm³/mol. The third-order valence-electron chi connectivity index (χ3n) is 1.54. The molecule has 2 atom stereocenters. The van der Waals surface area contributed by atoms with E-state index in [1.807, 2.05) is 0 Å². The molecule has 4 heteroatoms. The van der Waals surface area contributed by atoms with Gasteiger partial charge >= 0.3 is 7.60 Å². The summed E-state index contributed by atoms with van der Waals surface area (Å²) in [7, 11) is -3.77. The van der Waals surface area contributed by atoms with Crippen LogP contribution >= 0.6 is 7.60 Å². The van der Waals surface area contributed by atoms with Crippen molar-refractivity contribution in [2.45, 2.75) is 12.1 Å². The van der Waals surface area contributed by atoms with E-state index < -0.39 is 13.3 Å². The number of allylic oxidation sites excluding steroid dienone is 1. The van der Waals surface area contributed by atoms with Crippen LogP contribution in [0.5, 0.6) is 0 Å². The van der Waals surface area contributed by atoms with E-state index in [9.17, 15) is 4.57 Å². The molecule has 0 amide bonds. The Bertz CT molecular complexity index is 171. The Balaban J connectivity index is 2.52. The lowest BCUT2D eigenvalue weighted by atomic mass is 10.4. The Labute approximate surface area is 53.6 Å². The third-order valence-corrected chi connectivity index (χ3v) is 3.00. The van der Waals surface area contributed by atoms with E-state index in [-0.39, 0.29) is 5.92 Å². The van der Waals surface area contributed by atoms with Crippen molar-refractivity contribution in [3.63, 3.8) is 0 Å². The molecule has 0 aromatic heterocycles. The lowest BCUT2D eigenvalue weighted by Gasteiger charge is -1.97. The van der Waals surface area contributed by atoms with Crippen molar-refractivity contribution >= 4 is 7.60 Å². The van der Waals surface area contributed by atoms with Gasteiger partial charge in [-0.3, -0.25) is 4.57 Å². The lowest BCUT2D eigenvalue weighted by molar-refractivity contribution is 0.370. The topological polar surface area (TPSA) is 57.5 Å². The SMILES string of the molecule is C=C[C@@H]1C[C@@H]1P(=O)(O)O. The summed E-state index contributed by atoms with van der Waals surface area (Å²) in [5, 5.41) is 0. The van der Waals surface area contributed by atoms with Gasteiger partial charge in [-0.1, -0.05) is 6.08 Å². The molecule has 1 saturated carbocycles. The molecule has 0 radical (unpaired) electrons. The Morgan fingerprint density at radius 3 is 2.33 bits per heavy atom. The van der Waals surface area contributed by atoms with E-state index in [0.29, 0.717) is 6.42 Å². The maximum Gasteiger partial charge on any atom is 0.329 e. The zero-order valence-electron chi connectivity index (χ0n) is 4.90. The summed E-state index contributed by atoms with van der Waals surface area (Å²) in [4.78, 5) is 17.0. The first-order chi connectivity index (χ1) is 4.05. The van der Waals surface area contributed by atoms with Crippen molar-refractivity contribution in [2.24, 2.45) is 5.92 Å². The maximum atomic E-state index is 10.4. The first-order valence-electron chi connectivity index (χ1n) is 2.73. The maximum absolute atomic E-state index is 10.4. The Hall–Kier alpha value is -0.110. The Morgan fingerprint density at radius 1 is 1.67 bits per heavy atom. The van der Waals surface area contributed by atoms with Crippen LogP contribution in [0.4, 0.5) is 0 Å². The van der Waals surface area contributed by atoms with E-state index in [2.05, 4.69) is 6.58 Å². The second kappa shape index (κ2) is 1.94. The molecule has 0 aromatic rings. The molecule has 52 valence electrons. The van der Waals surface area contributed by atoms with Gasteiger partial charge in [0.25, 0.3) is 0 Å². The summed E-state index contributed by atoms with van der Waals surface area (Å²) in [5.74, 6) is 0.0610. The first kappa shape index (κ1) is 7.00. The molecule has 3 nitrogen and oxygen atoms in total. The fraction of sp³-hybridized carbons (Fsp3) is 0.600. The fourth-order valence-electron chi connectivity index (χ4n) is 0.840. The summed E-state index contributed by atoms with van der Waals surface area (Å²) in [6.45, 7) is 3.44. The minimum Gasteiger partial charge on any atom is -0.324 e. The van der Waals surface area contributed by atoms with Gasteiger partial charge in [-0.05, 0) is 12.3 Å². The lowest BCUT2D eigenvalue weighted by Crippen LogP contribution is -1.87. The molecule has 0 aromatic carbocycles. The zero-order valence-corrected chi connectivity index (χ0v) is 5.79. The van der Waals surface area contributed by atoms with Crippen LogP contribution in [0.1, 0.15) is 6.42 Å². The fourth-order valence-corrected chi connectivity index (χ4v) is 1.98. The van der Waals surface area contributed by atoms with Gasteiger partial charge in [0.05, 0.1) is 5.66 Å². The molecule has 0 saturated heterocycles. The average Bonchev–Trinajstić information content (AvgIpc) is 2.39. The van der Waals surface area contributed by atoms with Crippen molar-refractivity contribution < 1.29 is 14.4 Å². The van der Waals surface area contributed by atoms with E-state index in [1.165, 1.54) is 0 Å². The zero-order chi connectivity index (χ0) is 7.07. The molecular weight excluding hydrogens is 139 g/mol. The molecule has 0 unspecified atom stereocenters. The van der Waals surface area contributed by atoms with Crippen molar-refractivity contribution in [1.29, 1.82) is 0 Å². The van der Waals surface area contributed by atoms with Crippen molar-refractivity contribution in [3.05, 3.63) is 12.7 Å². The van der Waals surface area contributed by atoms with Crippen LogP contribution in [0.15, 0.2) is 12.7 Å². The molecule has 0 bridgehead atoms. The van der Waals surface area contributed by atoms with Crippen LogP contribution in [-0.2, 0) is 4.57 Å². The van der Waals surface area contributed by atoms with Gasteiger partial charge in [-0.2, -0.15) is 0 Å². The molecule has 0 heterocycles. The van der Waals surface area contributed by atoms with E-state index in [1.54, 1.807) is 6.08 Å². The second-order valence-electron chi connectivity index (χ2n) is 2.29. The number of hydrogen-bond acceptors (Lipinski definition) is 1. The summed E-state index contributed by atoms with van der Waals surface area (Å²) >= 11 is 0. The highest BCUT2D eigenvalue weighted by Crippen LogP contribution is 2.58. The Kier molecular flexibility index (Phi) is 1.51. The molecule has 0 spiro atoms. The minimum atomic E-state index is -3.77. The smallest absolute Gasteiger partial charge is 0.324 e. The molecule has 1 fully saturated rings. The minimum absolute atomic E-state index is 0.0610. The van der Waals surface area contributed by atoms with E-state index >= 15 is 0 Å². The molecule has 9 heavy (non-hydrogen) atoms. The van der Waals surface area contributed by atoms with Crippen molar-refractivity contribution in [1.82, 2.24) is 0 Å². The van der Waals surface area contributed by atoms with Crippen molar-refractivity contribution in [3.8, 4) is 0 Å². The molecule has 0 aliphatic heterocycles. The summed E-state index contributed by atoms with van der Waals surface area (Å²) in [5.41, 5.74) is -0.421. The molecule has 2 N–H and O–H groups in total. The Morgan fingerprint density at radius 2 is 2.22 bits per heavy atom. The van der Waals surface area contributed by atoms with Gasteiger partial charge in [0, 0.05) is 0 Å². The average molecular weight is 148 g/mol. The normalized spacial score (nSPS) is 34.0. The summed E-state index contributed by atoms with van der Waals surface area (Å²) in [6.07, 6.45) is 2.21. The van der Waals surface area contributed by atoms with Gasteiger partial charge < -0.3 is 9.79 Å². The standard InChI is InChI=1S/C5H9O3P/c1-2-4-3-5(4)9(6,7)8/h2,4-5H,1,3H2,(H2,6,7,8)/t4-,5+/m1/s1. The van der Waals surface area contributed by atoms with Crippen LogP contribution in [0.2, 0.25) is 0 Å². The second-order valence-corrected chi connectivity index (χ2v) is 4.13. The molecular formula is C5H9O3P. The monoisotopic (exact) mass is 148 g/mol. The largest absolute Gasteiger partial charge is 0.329 e. The van der Waals surface area contributed by atoms with Gasteiger partial charge in [-0.25, -0.2) is 0 Å². The number of rotatable bonds is 2. The van der Waals surface area contributed by atoms with Crippen LogP contribution in [-0.4, -0.2) is 15.4 Å². The highest BCUT2D eigenvalue weighted by Gasteiger charge is 2.47. The van der Waals surface area contributed by atoms with Crippen LogP contribution in [0.3, 0.4) is 0 Å². The highest BCUT2D eigenvalue weighted by atomic mass is 31.2. The van der Waals surface area contributed by atoms with Gasteiger partial charge in [0.15, 0.2) is 0 Å². The highest BCUT2D eigenvalue weighted by molar-refractivity contribution is 7.53. The first-order valence-corrected chi connectivity index (χ1v) is 4.41. The van der Waals surface area contributed by atoms with E-state index in [0.717, 1.165) is 0 Å². The summed E-state index contributed by atoms with van der Waals surface area (Å²) in [6, 6.07) is 0. The van der Waals surface area contributed by atoms with Crippen LogP contribution in [0.25, 0.3) is 0 Å². The molecule has 1 aliphatic rings. The molecule has 1 aliphatic carbocycles. The molecule has 1 rings (SSSR count). The number of hydrogen-bond donors (Lipinski definition) is 2. The quantitative estimate of drug-likeness (QED) is 0.448. The predicted octanol–water partition coefficient (Wildman–Crippen LogP) is 0.739. The van der Waals surface area contributed by atoms with Gasteiger partial charge in [0.1, 0.15) is 0 Å². The van der Waals surface area contributed by atoms with Gasteiger partial charge in [0.2, 0.25) is 0 Å². The van der Waals surface area contributed by atoms with E-state index in [4.69, 9.17) is 9.79 Å².